The maximum atomic E-state index is 12.9. The summed E-state index contributed by atoms with van der Waals surface area (Å²) in [6, 6.07) is 6.69. The third-order valence-electron chi connectivity index (χ3n) is 1.95. The largest absolute Gasteiger partial charge is 0.507 e. The number of phenols is 1. The number of rotatable bonds is 2. The van der Waals surface area contributed by atoms with Crippen LogP contribution in [0.25, 0.3) is 0 Å². The number of thiophene rings is 1. The molecule has 1 heterocycles. The normalized spacial score (nSPS) is 10.2. The van der Waals surface area contributed by atoms with E-state index >= 15 is 0 Å². The van der Waals surface area contributed by atoms with Gasteiger partial charge >= 0.3 is 0 Å². The lowest BCUT2D eigenvalue weighted by molar-refractivity contribution is 0.103. The van der Waals surface area contributed by atoms with E-state index in [2.05, 4.69) is 0 Å². The lowest BCUT2D eigenvalue weighted by Gasteiger charge is -2.01. The van der Waals surface area contributed by atoms with Crippen molar-refractivity contribution in [3.63, 3.8) is 0 Å². The minimum atomic E-state index is -0.535. The maximum Gasteiger partial charge on any atom is 0.206 e. The van der Waals surface area contributed by atoms with Gasteiger partial charge in [-0.3, -0.25) is 4.79 Å². The number of aromatic hydroxyl groups is 1. The monoisotopic (exact) mass is 222 g/mol. The molecule has 2 rings (SSSR count). The number of carbonyl (C=O) groups excluding carboxylic acids is 1. The summed E-state index contributed by atoms with van der Waals surface area (Å²) >= 11 is 1.26. The SMILES string of the molecule is O=C(c1cccs1)c1cc(F)ccc1O. The van der Waals surface area contributed by atoms with Gasteiger partial charge in [-0.1, -0.05) is 6.07 Å². The highest BCUT2D eigenvalue weighted by molar-refractivity contribution is 7.12. The first kappa shape index (κ1) is 9.86. The van der Waals surface area contributed by atoms with Gasteiger partial charge in [0.05, 0.1) is 10.4 Å². The Kier molecular flexibility index (Phi) is 2.51. The molecule has 1 N–H and O–H groups in total. The third-order valence-corrected chi connectivity index (χ3v) is 2.82. The maximum absolute atomic E-state index is 12.9. The van der Waals surface area contributed by atoms with Gasteiger partial charge in [0.1, 0.15) is 11.6 Å². The molecule has 76 valence electrons. The first-order chi connectivity index (χ1) is 7.18. The van der Waals surface area contributed by atoms with Crippen LogP contribution in [-0.4, -0.2) is 10.9 Å². The number of ketones is 1. The van der Waals surface area contributed by atoms with Gasteiger partial charge in [-0.25, -0.2) is 4.39 Å². The predicted octanol–water partition coefficient (Wildman–Crippen LogP) is 2.82. The van der Waals surface area contributed by atoms with Gasteiger partial charge in [-0.2, -0.15) is 0 Å². The average Bonchev–Trinajstić information content (AvgIpc) is 2.74. The Morgan fingerprint density at radius 2 is 2.13 bits per heavy atom. The third kappa shape index (κ3) is 1.89. The van der Waals surface area contributed by atoms with Crippen molar-refractivity contribution in [3.05, 3.63) is 52.0 Å². The second kappa shape index (κ2) is 3.82. The second-order valence-corrected chi connectivity index (χ2v) is 3.92. The van der Waals surface area contributed by atoms with Crippen LogP contribution in [0.1, 0.15) is 15.2 Å². The fraction of sp³-hybridized carbons (Fsp3) is 0. The van der Waals surface area contributed by atoms with E-state index in [-0.39, 0.29) is 17.1 Å². The predicted molar refractivity (Wildman–Crippen MR) is 55.8 cm³/mol. The first-order valence-corrected chi connectivity index (χ1v) is 5.13. The van der Waals surface area contributed by atoms with E-state index in [1.807, 2.05) is 0 Å². The van der Waals surface area contributed by atoms with Crippen LogP contribution >= 0.6 is 11.3 Å². The first-order valence-electron chi connectivity index (χ1n) is 4.25. The number of carbonyl (C=O) groups is 1. The molecule has 0 saturated heterocycles. The van der Waals surface area contributed by atoms with E-state index < -0.39 is 5.82 Å². The molecule has 2 nitrogen and oxygen atoms in total. The summed E-state index contributed by atoms with van der Waals surface area (Å²) in [5, 5.41) is 11.2. The topological polar surface area (TPSA) is 37.3 Å². The molecule has 0 aliphatic heterocycles. The van der Waals surface area contributed by atoms with Crippen LogP contribution in [0.4, 0.5) is 4.39 Å². The molecule has 0 aliphatic rings. The highest BCUT2D eigenvalue weighted by Crippen LogP contribution is 2.23. The van der Waals surface area contributed by atoms with Gasteiger partial charge in [0.2, 0.25) is 5.78 Å². The van der Waals surface area contributed by atoms with Crippen LogP contribution in [0, 0.1) is 5.82 Å². The van der Waals surface area contributed by atoms with Crippen molar-refractivity contribution in [1.82, 2.24) is 0 Å². The second-order valence-electron chi connectivity index (χ2n) is 2.97. The molecule has 0 fully saturated rings. The van der Waals surface area contributed by atoms with Crippen molar-refractivity contribution >= 4 is 17.1 Å². The molecule has 1 aromatic heterocycles. The standard InChI is InChI=1S/C11H7FO2S/c12-7-3-4-9(13)8(6-7)11(14)10-2-1-5-15-10/h1-6,13H. The van der Waals surface area contributed by atoms with Gasteiger partial charge in [0.15, 0.2) is 0 Å². The summed E-state index contributed by atoms with van der Waals surface area (Å²) in [5.74, 6) is -1.09. The van der Waals surface area contributed by atoms with Crippen molar-refractivity contribution in [2.75, 3.05) is 0 Å². The van der Waals surface area contributed by atoms with E-state index in [4.69, 9.17) is 0 Å². The smallest absolute Gasteiger partial charge is 0.206 e. The van der Waals surface area contributed by atoms with Gasteiger partial charge in [0.25, 0.3) is 0 Å². The van der Waals surface area contributed by atoms with Gasteiger partial charge in [0, 0.05) is 0 Å². The molecule has 0 amide bonds. The molecule has 4 heteroatoms. The molecule has 0 saturated carbocycles. The van der Waals surface area contributed by atoms with E-state index in [0.29, 0.717) is 4.88 Å². The molecular formula is C11H7FO2S. The minimum Gasteiger partial charge on any atom is -0.507 e. The summed E-state index contributed by atoms with van der Waals surface area (Å²) in [6.07, 6.45) is 0. The molecular weight excluding hydrogens is 215 g/mol. The minimum absolute atomic E-state index is 0.00236. The number of hydrogen-bond donors (Lipinski definition) is 1. The Hall–Kier alpha value is -1.68. The van der Waals surface area contributed by atoms with Crippen LogP contribution < -0.4 is 0 Å². The van der Waals surface area contributed by atoms with Crippen molar-refractivity contribution in [2.24, 2.45) is 0 Å². The summed E-state index contributed by atoms with van der Waals surface area (Å²) in [6.45, 7) is 0. The van der Waals surface area contributed by atoms with Crippen molar-refractivity contribution in [2.45, 2.75) is 0 Å². The lowest BCUT2D eigenvalue weighted by Crippen LogP contribution is -1.99. The Balaban J connectivity index is 2.46. The van der Waals surface area contributed by atoms with Crippen LogP contribution in [0.15, 0.2) is 35.7 Å². The number of halogens is 1. The Morgan fingerprint density at radius 1 is 1.33 bits per heavy atom. The molecule has 15 heavy (non-hydrogen) atoms. The van der Waals surface area contributed by atoms with Crippen LogP contribution in [-0.2, 0) is 0 Å². The average molecular weight is 222 g/mol. The van der Waals surface area contributed by atoms with Gasteiger partial charge < -0.3 is 5.11 Å². The van der Waals surface area contributed by atoms with Crippen LogP contribution in [0.2, 0.25) is 0 Å². The molecule has 2 aromatic rings. The molecule has 0 radical (unpaired) electrons. The summed E-state index contributed by atoms with van der Waals surface area (Å²) in [5.41, 5.74) is -0.00236. The Bertz CT molecular complexity index is 491. The molecule has 1 aromatic carbocycles. The fourth-order valence-corrected chi connectivity index (χ4v) is 1.91. The fourth-order valence-electron chi connectivity index (χ4n) is 1.23. The molecule has 0 aliphatic carbocycles. The van der Waals surface area contributed by atoms with Gasteiger partial charge in [-0.05, 0) is 29.6 Å². The zero-order valence-corrected chi connectivity index (χ0v) is 8.42. The lowest BCUT2D eigenvalue weighted by atomic mass is 10.1. The summed E-state index contributed by atoms with van der Waals surface area (Å²) < 4.78 is 12.9. The van der Waals surface area contributed by atoms with E-state index in [9.17, 15) is 14.3 Å². The molecule has 0 spiro atoms. The quantitative estimate of drug-likeness (QED) is 0.793. The van der Waals surface area contributed by atoms with E-state index in [1.165, 1.54) is 17.4 Å². The molecule has 0 bridgehead atoms. The van der Waals surface area contributed by atoms with Crippen molar-refractivity contribution < 1.29 is 14.3 Å². The highest BCUT2D eigenvalue weighted by Gasteiger charge is 2.14. The van der Waals surface area contributed by atoms with Crippen LogP contribution in [0.5, 0.6) is 5.75 Å². The molecule has 0 atom stereocenters. The summed E-state index contributed by atoms with van der Waals surface area (Å²) in [7, 11) is 0. The zero-order chi connectivity index (χ0) is 10.8. The zero-order valence-electron chi connectivity index (χ0n) is 7.61. The summed E-state index contributed by atoms with van der Waals surface area (Å²) in [4.78, 5) is 12.2. The van der Waals surface area contributed by atoms with E-state index in [0.717, 1.165) is 12.1 Å². The van der Waals surface area contributed by atoms with Crippen molar-refractivity contribution in [1.29, 1.82) is 0 Å². The number of benzene rings is 1. The number of hydrogen-bond acceptors (Lipinski definition) is 3. The Morgan fingerprint density at radius 3 is 2.80 bits per heavy atom. The molecule has 0 unspecified atom stereocenters. The number of phenolic OH excluding ortho intramolecular Hbond substituents is 1. The van der Waals surface area contributed by atoms with Gasteiger partial charge in [-0.15, -0.1) is 11.3 Å². The van der Waals surface area contributed by atoms with Crippen LogP contribution in [0.3, 0.4) is 0 Å². The Labute approximate surface area is 89.6 Å². The van der Waals surface area contributed by atoms with E-state index in [1.54, 1.807) is 17.5 Å². The van der Waals surface area contributed by atoms with Crippen molar-refractivity contribution in [3.8, 4) is 5.75 Å². The highest BCUT2D eigenvalue weighted by atomic mass is 32.1.